The Morgan fingerprint density at radius 2 is 2.21 bits per heavy atom. The van der Waals surface area contributed by atoms with Crippen LogP contribution in [0.2, 0.25) is 5.02 Å². The van der Waals surface area contributed by atoms with E-state index in [1.54, 1.807) is 18.2 Å². The Balaban J connectivity index is 2.73. The topological polar surface area (TPSA) is 26.3 Å². The van der Waals surface area contributed by atoms with Crippen LogP contribution in [0.3, 0.4) is 0 Å². The highest BCUT2D eigenvalue weighted by molar-refractivity contribution is 6.32. The van der Waals surface area contributed by atoms with E-state index >= 15 is 0 Å². The molecule has 0 amide bonds. The van der Waals surface area contributed by atoms with Crippen LogP contribution in [0, 0.1) is 5.92 Å². The summed E-state index contributed by atoms with van der Waals surface area (Å²) in [6, 6.07) is 5.01. The molecular weight excluding hydrogens is 200 g/mol. The van der Waals surface area contributed by atoms with Gasteiger partial charge < -0.3 is 4.74 Å². The number of ether oxygens (including phenoxy) is 1. The van der Waals surface area contributed by atoms with Crippen LogP contribution >= 0.6 is 11.6 Å². The molecule has 0 fully saturated rings. The molecule has 2 nitrogen and oxygen atoms in total. The van der Waals surface area contributed by atoms with E-state index in [0.717, 1.165) is 6.29 Å². The lowest BCUT2D eigenvalue weighted by Crippen LogP contribution is -2.04. The fourth-order valence-electron chi connectivity index (χ4n) is 0.964. The van der Waals surface area contributed by atoms with Crippen molar-refractivity contribution in [2.45, 2.75) is 13.8 Å². The molecule has 0 aliphatic heterocycles. The average molecular weight is 213 g/mol. The van der Waals surface area contributed by atoms with Crippen LogP contribution in [0.25, 0.3) is 0 Å². The molecule has 0 saturated carbocycles. The molecule has 0 saturated heterocycles. The van der Waals surface area contributed by atoms with Gasteiger partial charge in [-0.3, -0.25) is 4.79 Å². The third kappa shape index (κ3) is 3.04. The fourth-order valence-corrected chi connectivity index (χ4v) is 1.21. The van der Waals surface area contributed by atoms with Gasteiger partial charge in [-0.25, -0.2) is 0 Å². The van der Waals surface area contributed by atoms with Crippen LogP contribution in [0.4, 0.5) is 0 Å². The number of carbonyl (C=O) groups is 1. The summed E-state index contributed by atoms with van der Waals surface area (Å²) < 4.78 is 5.45. The third-order valence-corrected chi connectivity index (χ3v) is 1.96. The van der Waals surface area contributed by atoms with Gasteiger partial charge in [0.15, 0.2) is 0 Å². The predicted octanol–water partition coefficient (Wildman–Crippen LogP) is 3.19. The largest absolute Gasteiger partial charge is 0.492 e. The molecule has 14 heavy (non-hydrogen) atoms. The lowest BCUT2D eigenvalue weighted by Gasteiger charge is -2.09. The van der Waals surface area contributed by atoms with Gasteiger partial charge in [-0.2, -0.15) is 0 Å². The normalized spacial score (nSPS) is 10.3. The molecule has 0 heterocycles. The summed E-state index contributed by atoms with van der Waals surface area (Å²) in [7, 11) is 0. The van der Waals surface area contributed by atoms with Gasteiger partial charge in [-0.05, 0) is 24.1 Å². The molecule has 0 aliphatic carbocycles. The van der Waals surface area contributed by atoms with Gasteiger partial charge >= 0.3 is 0 Å². The molecule has 1 aromatic rings. The Labute approximate surface area is 88.8 Å². The first-order valence-electron chi connectivity index (χ1n) is 4.51. The molecule has 0 bridgehead atoms. The molecule has 1 rings (SSSR count). The lowest BCUT2D eigenvalue weighted by molar-refractivity contribution is 0.112. The number of halogens is 1. The third-order valence-electron chi connectivity index (χ3n) is 1.66. The Kier molecular flexibility index (Phi) is 3.96. The van der Waals surface area contributed by atoms with Crippen LogP contribution in [-0.2, 0) is 0 Å². The highest BCUT2D eigenvalue weighted by Gasteiger charge is 2.03. The summed E-state index contributed by atoms with van der Waals surface area (Å²) in [5.41, 5.74) is 0.562. The van der Waals surface area contributed by atoms with E-state index in [9.17, 15) is 4.79 Å². The monoisotopic (exact) mass is 212 g/mol. The lowest BCUT2D eigenvalue weighted by atomic mass is 10.2. The zero-order valence-corrected chi connectivity index (χ0v) is 9.04. The van der Waals surface area contributed by atoms with Crippen LogP contribution in [0.1, 0.15) is 24.2 Å². The van der Waals surface area contributed by atoms with E-state index in [2.05, 4.69) is 13.8 Å². The number of rotatable bonds is 4. The number of benzene rings is 1. The van der Waals surface area contributed by atoms with E-state index in [1.807, 2.05) is 0 Å². The highest BCUT2D eigenvalue weighted by atomic mass is 35.5. The first-order valence-corrected chi connectivity index (χ1v) is 4.89. The number of hydrogen-bond donors (Lipinski definition) is 0. The molecule has 0 aliphatic rings. The summed E-state index contributed by atoms with van der Waals surface area (Å²) in [6.07, 6.45) is 0.762. The molecule has 0 atom stereocenters. The minimum atomic E-state index is 0.455. The van der Waals surface area contributed by atoms with Crippen molar-refractivity contribution in [2.24, 2.45) is 5.92 Å². The summed E-state index contributed by atoms with van der Waals surface area (Å²) in [4.78, 5) is 10.4. The quantitative estimate of drug-likeness (QED) is 0.717. The van der Waals surface area contributed by atoms with Crippen LogP contribution in [0.5, 0.6) is 5.75 Å². The van der Waals surface area contributed by atoms with E-state index in [-0.39, 0.29) is 0 Å². The van der Waals surface area contributed by atoms with Crippen LogP contribution in [-0.4, -0.2) is 12.9 Å². The zero-order valence-electron chi connectivity index (χ0n) is 8.29. The second kappa shape index (κ2) is 5.01. The molecule has 0 N–H and O–H groups in total. The van der Waals surface area contributed by atoms with Crippen LogP contribution in [0.15, 0.2) is 18.2 Å². The van der Waals surface area contributed by atoms with E-state index in [4.69, 9.17) is 16.3 Å². The summed E-state index contributed by atoms with van der Waals surface area (Å²) >= 11 is 5.91. The highest BCUT2D eigenvalue weighted by Crippen LogP contribution is 2.25. The summed E-state index contributed by atoms with van der Waals surface area (Å²) in [5, 5.41) is 0.482. The fraction of sp³-hybridized carbons (Fsp3) is 0.364. The summed E-state index contributed by atoms with van der Waals surface area (Å²) in [5.74, 6) is 1.09. The van der Waals surface area contributed by atoms with E-state index in [0.29, 0.717) is 28.9 Å². The van der Waals surface area contributed by atoms with Gasteiger partial charge in [-0.1, -0.05) is 25.4 Å². The molecule has 76 valence electrons. The Morgan fingerprint density at radius 1 is 1.50 bits per heavy atom. The molecule has 0 aromatic heterocycles. The van der Waals surface area contributed by atoms with Gasteiger partial charge in [0.1, 0.15) is 12.0 Å². The number of carbonyl (C=O) groups excluding carboxylic acids is 1. The van der Waals surface area contributed by atoms with Crippen molar-refractivity contribution >= 4 is 17.9 Å². The van der Waals surface area contributed by atoms with E-state index < -0.39 is 0 Å². The molecular formula is C11H13ClO2. The maximum atomic E-state index is 10.4. The van der Waals surface area contributed by atoms with Crippen molar-refractivity contribution in [1.29, 1.82) is 0 Å². The van der Waals surface area contributed by atoms with Crippen molar-refractivity contribution in [3.63, 3.8) is 0 Å². The van der Waals surface area contributed by atoms with E-state index in [1.165, 1.54) is 0 Å². The minimum absolute atomic E-state index is 0.455. The van der Waals surface area contributed by atoms with Crippen molar-refractivity contribution in [2.75, 3.05) is 6.61 Å². The Bertz CT molecular complexity index is 321. The van der Waals surface area contributed by atoms with Crippen molar-refractivity contribution in [3.8, 4) is 5.75 Å². The van der Waals surface area contributed by atoms with Gasteiger partial charge in [0, 0.05) is 5.56 Å². The van der Waals surface area contributed by atoms with Gasteiger partial charge in [0.25, 0.3) is 0 Å². The predicted molar refractivity (Wildman–Crippen MR) is 57.2 cm³/mol. The number of hydrogen-bond acceptors (Lipinski definition) is 2. The van der Waals surface area contributed by atoms with Crippen molar-refractivity contribution in [1.82, 2.24) is 0 Å². The second-order valence-corrected chi connectivity index (χ2v) is 3.92. The maximum absolute atomic E-state index is 10.4. The molecule has 0 spiro atoms. The van der Waals surface area contributed by atoms with Gasteiger partial charge in [0.05, 0.1) is 11.6 Å². The average Bonchev–Trinajstić information content (AvgIpc) is 2.15. The molecule has 1 aromatic carbocycles. The molecule has 3 heteroatoms. The standard InChI is InChI=1S/C11H13ClO2/c1-8(2)7-14-11-4-3-9(6-13)5-10(11)12/h3-6,8H,7H2,1-2H3. The molecule has 0 unspecified atom stereocenters. The summed E-state index contributed by atoms with van der Waals surface area (Å²) in [6.45, 7) is 4.75. The number of aldehydes is 1. The molecule has 0 radical (unpaired) electrons. The van der Waals surface area contributed by atoms with Crippen molar-refractivity contribution < 1.29 is 9.53 Å². The Morgan fingerprint density at radius 3 is 2.71 bits per heavy atom. The van der Waals surface area contributed by atoms with Crippen molar-refractivity contribution in [3.05, 3.63) is 28.8 Å². The first-order chi connectivity index (χ1) is 6.63. The minimum Gasteiger partial charge on any atom is -0.492 e. The second-order valence-electron chi connectivity index (χ2n) is 3.51. The van der Waals surface area contributed by atoms with Crippen LogP contribution < -0.4 is 4.74 Å². The van der Waals surface area contributed by atoms with Gasteiger partial charge in [-0.15, -0.1) is 0 Å². The smallest absolute Gasteiger partial charge is 0.150 e. The zero-order chi connectivity index (χ0) is 10.6. The first kappa shape index (κ1) is 11.1. The Hall–Kier alpha value is -1.02. The van der Waals surface area contributed by atoms with Gasteiger partial charge in [0.2, 0.25) is 0 Å². The SMILES string of the molecule is CC(C)COc1ccc(C=O)cc1Cl. The maximum Gasteiger partial charge on any atom is 0.150 e.